The van der Waals surface area contributed by atoms with Crippen LogP contribution in [0.1, 0.15) is 71.6 Å². The maximum absolute atomic E-state index is 12.6. The first kappa shape index (κ1) is 20.8. The number of hydrogen-bond acceptors (Lipinski definition) is 6. The maximum Gasteiger partial charge on any atom is 0.139 e. The molecular weight excluding hydrogens is 366 g/mol. The van der Waals surface area contributed by atoms with Gasteiger partial charge in [0, 0.05) is 17.8 Å². The van der Waals surface area contributed by atoms with Gasteiger partial charge in [-0.3, -0.25) is 4.79 Å². The van der Waals surface area contributed by atoms with Crippen LogP contribution in [0.4, 0.5) is 0 Å². The quantitative estimate of drug-likeness (QED) is 0.413. The molecule has 6 atom stereocenters. The molecule has 6 nitrogen and oxygen atoms in total. The Balaban J connectivity index is 1.52. The van der Waals surface area contributed by atoms with Gasteiger partial charge in [-0.05, 0) is 88.1 Å². The van der Waals surface area contributed by atoms with Gasteiger partial charge in [0.05, 0.1) is 11.4 Å². The van der Waals surface area contributed by atoms with Crippen LogP contribution >= 0.6 is 0 Å². The predicted molar refractivity (Wildman–Crippen MR) is 113 cm³/mol. The van der Waals surface area contributed by atoms with E-state index in [1.165, 1.54) is 0 Å². The topological polar surface area (TPSA) is 83.3 Å². The van der Waals surface area contributed by atoms with Gasteiger partial charge >= 0.3 is 0 Å². The van der Waals surface area contributed by atoms with Crippen LogP contribution in [0.25, 0.3) is 0 Å². The Morgan fingerprint density at radius 2 is 2.00 bits per heavy atom. The van der Waals surface area contributed by atoms with Crippen molar-refractivity contribution in [3.8, 4) is 0 Å². The molecule has 0 bridgehead atoms. The van der Waals surface area contributed by atoms with Crippen molar-refractivity contribution in [2.45, 2.75) is 71.6 Å². The summed E-state index contributed by atoms with van der Waals surface area (Å²) >= 11 is 0. The summed E-state index contributed by atoms with van der Waals surface area (Å²) in [5.74, 6) is 2.24. The molecular formula is C23H37N3O3. The Kier molecular flexibility index (Phi) is 5.75. The van der Waals surface area contributed by atoms with Gasteiger partial charge < -0.3 is 15.4 Å². The summed E-state index contributed by atoms with van der Waals surface area (Å²) in [7, 11) is 1.94. The van der Waals surface area contributed by atoms with E-state index in [4.69, 9.17) is 4.84 Å². The third kappa shape index (κ3) is 3.41. The molecule has 2 N–H and O–H groups in total. The van der Waals surface area contributed by atoms with Crippen molar-refractivity contribution in [2.24, 2.45) is 44.8 Å². The highest BCUT2D eigenvalue weighted by Gasteiger charge is 2.61. The molecule has 0 aromatic rings. The van der Waals surface area contributed by atoms with Crippen molar-refractivity contribution in [2.75, 3.05) is 20.2 Å². The monoisotopic (exact) mass is 403 g/mol. The van der Waals surface area contributed by atoms with Crippen LogP contribution in [-0.2, 0) is 9.63 Å². The molecule has 0 aliphatic heterocycles. The van der Waals surface area contributed by atoms with Crippen molar-refractivity contribution in [1.82, 2.24) is 5.32 Å². The summed E-state index contributed by atoms with van der Waals surface area (Å²) < 4.78 is 0. The van der Waals surface area contributed by atoms with Crippen LogP contribution < -0.4 is 5.32 Å². The van der Waals surface area contributed by atoms with Crippen LogP contribution in [0.5, 0.6) is 0 Å². The number of rotatable bonds is 5. The van der Waals surface area contributed by atoms with Crippen molar-refractivity contribution >= 4 is 17.2 Å². The lowest BCUT2D eigenvalue weighted by Crippen LogP contribution is -2.56. The van der Waals surface area contributed by atoms with Gasteiger partial charge in [0.2, 0.25) is 0 Å². The fourth-order valence-electron chi connectivity index (χ4n) is 7.29. The van der Waals surface area contributed by atoms with E-state index in [-0.39, 0.29) is 16.7 Å². The van der Waals surface area contributed by atoms with E-state index in [1.54, 1.807) is 0 Å². The van der Waals surface area contributed by atoms with Crippen LogP contribution in [0.2, 0.25) is 0 Å². The van der Waals surface area contributed by atoms with Crippen molar-refractivity contribution in [3.63, 3.8) is 0 Å². The summed E-state index contributed by atoms with van der Waals surface area (Å²) in [5.41, 5.74) is 2.02. The molecule has 4 aliphatic carbocycles. The summed E-state index contributed by atoms with van der Waals surface area (Å²) in [4.78, 5) is 18.2. The zero-order valence-electron chi connectivity index (χ0n) is 18.2. The highest BCUT2D eigenvalue weighted by atomic mass is 16.6. The Morgan fingerprint density at radius 3 is 2.76 bits per heavy atom. The molecule has 4 aliphatic rings. The van der Waals surface area contributed by atoms with Gasteiger partial charge in [-0.2, -0.15) is 0 Å². The van der Waals surface area contributed by atoms with Crippen LogP contribution in [0.15, 0.2) is 10.3 Å². The van der Waals surface area contributed by atoms with Gasteiger partial charge in [-0.1, -0.05) is 24.2 Å². The van der Waals surface area contributed by atoms with Gasteiger partial charge in [-0.25, -0.2) is 0 Å². The van der Waals surface area contributed by atoms with E-state index in [0.717, 1.165) is 75.8 Å². The first-order valence-corrected chi connectivity index (χ1v) is 11.5. The fraction of sp³-hybridized carbons (Fsp3) is 0.870. The predicted octanol–water partition coefficient (Wildman–Crippen LogP) is 4.02. The van der Waals surface area contributed by atoms with Gasteiger partial charge in [0.25, 0.3) is 0 Å². The molecule has 0 amide bonds. The number of fused-ring (bicyclic) bond motifs is 5. The molecule has 0 saturated heterocycles. The number of oxime groups is 2. The van der Waals surface area contributed by atoms with Crippen LogP contribution in [0, 0.1) is 34.5 Å². The minimum absolute atomic E-state index is 0.128. The lowest BCUT2D eigenvalue weighted by Gasteiger charge is -2.59. The largest absolute Gasteiger partial charge is 0.411 e. The van der Waals surface area contributed by atoms with Crippen molar-refractivity contribution in [1.29, 1.82) is 0 Å². The Morgan fingerprint density at radius 1 is 1.17 bits per heavy atom. The number of hydrogen-bond donors (Lipinski definition) is 2. The number of nitrogens with zero attached hydrogens (tertiary/aromatic N) is 2. The molecule has 4 saturated carbocycles. The molecule has 0 unspecified atom stereocenters. The summed E-state index contributed by atoms with van der Waals surface area (Å²) in [6, 6.07) is 0. The standard InChI is InChI=1S/C23H37N3O3/c1-22-9-7-15(26-29-12-4-11-24-3)13-19(22)20(25-28)14-16-17-5-6-21(27)23(17,2)10-8-18(16)22/h16-19,24,28H,4-14H2,1-3H3/b25-20+,26-15+/t16-,17-,18-,19+,22+,23-/m0/s1. The SMILES string of the molecule is CNCCCO/N=C1\CC[C@@]2(C)[C@H](C1)/C(=N/O)C[C@@H]1[C@@H]2CC[C@]2(C)C(=O)CC[C@@H]12. The highest BCUT2D eigenvalue weighted by molar-refractivity contribution is 5.96. The summed E-state index contributed by atoms with van der Waals surface area (Å²) in [5, 5.41) is 21.2. The molecule has 0 radical (unpaired) electrons. The average molecular weight is 404 g/mol. The van der Waals surface area contributed by atoms with E-state index in [1.807, 2.05) is 7.05 Å². The molecule has 4 rings (SSSR count). The Bertz CT molecular complexity index is 705. The second kappa shape index (κ2) is 8.01. The number of ketones is 1. The minimum atomic E-state index is -0.145. The molecule has 0 heterocycles. The lowest BCUT2D eigenvalue weighted by molar-refractivity contribution is -0.133. The molecule has 0 aromatic heterocycles. The molecule has 29 heavy (non-hydrogen) atoms. The van der Waals surface area contributed by atoms with Crippen molar-refractivity contribution in [3.05, 3.63) is 0 Å². The third-order valence-electron chi connectivity index (χ3n) is 9.01. The Hall–Kier alpha value is -1.43. The lowest BCUT2D eigenvalue weighted by atomic mass is 9.45. The zero-order chi connectivity index (χ0) is 20.6. The summed E-state index contributed by atoms with van der Waals surface area (Å²) in [6.07, 6.45) is 8.55. The summed E-state index contributed by atoms with van der Waals surface area (Å²) in [6.45, 7) is 6.17. The van der Waals surface area contributed by atoms with E-state index in [0.29, 0.717) is 30.1 Å². The minimum Gasteiger partial charge on any atom is -0.411 e. The second-order valence-corrected chi connectivity index (χ2v) is 10.3. The normalized spacial score (nSPS) is 44.4. The molecule has 0 aromatic carbocycles. The number of Topliss-reactive ketones (excluding diaryl/α,β-unsaturated/α-hetero) is 1. The molecule has 4 fully saturated rings. The Labute approximate surface area is 174 Å². The second-order valence-electron chi connectivity index (χ2n) is 10.3. The fourth-order valence-corrected chi connectivity index (χ4v) is 7.29. The number of nitrogens with one attached hydrogen (secondary N) is 1. The number of carbonyl (C=O) groups excluding carboxylic acids is 1. The van der Waals surface area contributed by atoms with Crippen molar-refractivity contribution < 1.29 is 14.8 Å². The van der Waals surface area contributed by atoms with Gasteiger partial charge in [0.15, 0.2) is 0 Å². The van der Waals surface area contributed by atoms with Crippen LogP contribution in [0.3, 0.4) is 0 Å². The van der Waals surface area contributed by atoms with E-state index >= 15 is 0 Å². The van der Waals surface area contributed by atoms with Crippen LogP contribution in [-0.4, -0.2) is 42.6 Å². The molecule has 6 heteroatoms. The smallest absolute Gasteiger partial charge is 0.139 e. The average Bonchev–Trinajstić information content (AvgIpc) is 3.02. The third-order valence-corrected chi connectivity index (χ3v) is 9.01. The highest BCUT2D eigenvalue weighted by Crippen LogP contribution is 2.64. The van der Waals surface area contributed by atoms with Gasteiger partial charge in [0.1, 0.15) is 12.4 Å². The molecule has 0 spiro atoms. The van der Waals surface area contributed by atoms with E-state index < -0.39 is 0 Å². The van der Waals surface area contributed by atoms with Gasteiger partial charge in [-0.15, -0.1) is 0 Å². The number of carbonyl (C=O) groups is 1. The molecule has 162 valence electrons. The van der Waals surface area contributed by atoms with E-state index in [9.17, 15) is 10.0 Å². The zero-order valence-corrected chi connectivity index (χ0v) is 18.2. The maximum atomic E-state index is 12.6. The first-order chi connectivity index (χ1) is 13.9. The first-order valence-electron chi connectivity index (χ1n) is 11.5. The van der Waals surface area contributed by atoms with E-state index in [2.05, 4.69) is 29.5 Å².